The quantitative estimate of drug-likeness (QED) is 0.853. The van der Waals surface area contributed by atoms with Crippen molar-refractivity contribution in [2.24, 2.45) is 5.92 Å². The summed E-state index contributed by atoms with van der Waals surface area (Å²) in [5, 5.41) is 3.15. The molecule has 1 aliphatic heterocycles. The zero-order valence-electron chi connectivity index (χ0n) is 15.0. The number of hydrogen-bond donors (Lipinski definition) is 1. The Labute approximate surface area is 150 Å². The first-order valence-corrected chi connectivity index (χ1v) is 9.84. The number of carbonyl (C=O) groups is 2. The zero-order chi connectivity index (χ0) is 17.5. The molecule has 5 heteroatoms. The molecule has 1 aliphatic carbocycles. The highest BCUT2D eigenvalue weighted by atomic mass is 16.3. The summed E-state index contributed by atoms with van der Waals surface area (Å²) in [6.45, 7) is 1.35. The van der Waals surface area contributed by atoms with E-state index in [0.29, 0.717) is 25.3 Å². The molecule has 1 N–H and O–H groups in total. The van der Waals surface area contributed by atoms with E-state index in [4.69, 9.17) is 4.42 Å². The molecular formula is C20H30N2O3. The minimum absolute atomic E-state index is 0.0535. The molecule has 1 saturated heterocycles. The largest absolute Gasteiger partial charge is 0.459 e. The third-order valence-electron chi connectivity index (χ3n) is 5.62. The molecule has 3 rings (SSSR count). The number of hydrogen-bond acceptors (Lipinski definition) is 3. The summed E-state index contributed by atoms with van der Waals surface area (Å²) < 4.78 is 5.17. The van der Waals surface area contributed by atoms with Crippen molar-refractivity contribution in [1.29, 1.82) is 0 Å². The molecule has 0 atom stereocenters. The molecule has 1 saturated carbocycles. The second kappa shape index (κ2) is 9.07. The number of likely N-dealkylation sites (tertiary alicyclic amines) is 1. The van der Waals surface area contributed by atoms with Crippen LogP contribution in [0.2, 0.25) is 0 Å². The fraction of sp³-hybridized carbons (Fsp3) is 0.700. The average molecular weight is 346 g/mol. The fourth-order valence-corrected chi connectivity index (χ4v) is 4.11. The fourth-order valence-electron chi connectivity index (χ4n) is 4.11. The van der Waals surface area contributed by atoms with Gasteiger partial charge in [0.1, 0.15) is 0 Å². The van der Waals surface area contributed by atoms with E-state index in [0.717, 1.165) is 25.2 Å². The molecule has 5 nitrogen and oxygen atoms in total. The Hall–Kier alpha value is -1.78. The second-order valence-electron chi connectivity index (χ2n) is 7.51. The van der Waals surface area contributed by atoms with Crippen LogP contribution in [0.5, 0.6) is 0 Å². The molecule has 0 spiro atoms. The second-order valence-corrected chi connectivity index (χ2v) is 7.51. The molecule has 2 heterocycles. The van der Waals surface area contributed by atoms with E-state index in [-0.39, 0.29) is 17.9 Å². The Morgan fingerprint density at radius 2 is 1.88 bits per heavy atom. The van der Waals surface area contributed by atoms with Crippen LogP contribution in [0.15, 0.2) is 22.8 Å². The third-order valence-corrected chi connectivity index (χ3v) is 5.62. The summed E-state index contributed by atoms with van der Waals surface area (Å²) in [7, 11) is 0. The third kappa shape index (κ3) is 5.35. The van der Waals surface area contributed by atoms with Crippen LogP contribution in [0.1, 0.15) is 74.8 Å². The number of piperidine rings is 1. The van der Waals surface area contributed by atoms with Gasteiger partial charge in [0, 0.05) is 25.6 Å². The van der Waals surface area contributed by atoms with Gasteiger partial charge in [0.25, 0.3) is 5.91 Å². The van der Waals surface area contributed by atoms with E-state index in [9.17, 15) is 9.59 Å². The summed E-state index contributed by atoms with van der Waals surface area (Å²) in [5.74, 6) is 1.36. The first-order valence-electron chi connectivity index (χ1n) is 9.84. The van der Waals surface area contributed by atoms with Crippen LogP contribution in [0, 0.1) is 5.92 Å². The standard InChI is InChI=1S/C20H30N2O3/c23-19(10-4-8-16-6-2-1-3-7-16)21-17-11-13-22(14-12-17)20(24)18-9-5-15-25-18/h5,9,15-17H,1-4,6-8,10-14H2,(H,21,23). The van der Waals surface area contributed by atoms with E-state index < -0.39 is 0 Å². The van der Waals surface area contributed by atoms with Crippen LogP contribution < -0.4 is 5.32 Å². The number of furan rings is 1. The Balaban J connectivity index is 1.31. The highest BCUT2D eigenvalue weighted by Gasteiger charge is 2.25. The summed E-state index contributed by atoms with van der Waals surface area (Å²) >= 11 is 0. The summed E-state index contributed by atoms with van der Waals surface area (Å²) in [6, 6.07) is 3.62. The number of amides is 2. The van der Waals surface area contributed by atoms with Gasteiger partial charge >= 0.3 is 0 Å². The van der Waals surface area contributed by atoms with Gasteiger partial charge in [-0.15, -0.1) is 0 Å². The molecule has 2 fully saturated rings. The van der Waals surface area contributed by atoms with Gasteiger partial charge in [-0.1, -0.05) is 32.1 Å². The number of carbonyl (C=O) groups excluding carboxylic acids is 2. The van der Waals surface area contributed by atoms with E-state index in [1.807, 2.05) is 4.90 Å². The number of nitrogens with zero attached hydrogens (tertiary/aromatic N) is 1. The van der Waals surface area contributed by atoms with Crippen molar-refractivity contribution in [3.63, 3.8) is 0 Å². The van der Waals surface area contributed by atoms with Gasteiger partial charge in [0.05, 0.1) is 6.26 Å². The van der Waals surface area contributed by atoms with Crippen molar-refractivity contribution in [2.75, 3.05) is 13.1 Å². The maximum Gasteiger partial charge on any atom is 0.289 e. The summed E-state index contributed by atoms with van der Waals surface area (Å²) in [4.78, 5) is 26.2. The van der Waals surface area contributed by atoms with Gasteiger partial charge in [0.2, 0.25) is 5.91 Å². The van der Waals surface area contributed by atoms with Crippen molar-refractivity contribution < 1.29 is 14.0 Å². The molecule has 0 unspecified atom stereocenters. The Bertz CT molecular complexity index is 541. The highest BCUT2D eigenvalue weighted by Crippen LogP contribution is 2.27. The van der Waals surface area contributed by atoms with Crippen LogP contribution in [0.3, 0.4) is 0 Å². The van der Waals surface area contributed by atoms with Crippen molar-refractivity contribution in [3.05, 3.63) is 24.2 Å². The molecule has 0 radical (unpaired) electrons. The van der Waals surface area contributed by atoms with Crippen molar-refractivity contribution in [1.82, 2.24) is 10.2 Å². The Morgan fingerprint density at radius 3 is 2.56 bits per heavy atom. The molecule has 25 heavy (non-hydrogen) atoms. The normalized spacial score (nSPS) is 19.8. The zero-order valence-corrected chi connectivity index (χ0v) is 15.0. The van der Waals surface area contributed by atoms with Gasteiger partial charge in [-0.25, -0.2) is 0 Å². The first kappa shape index (κ1) is 18.0. The number of rotatable bonds is 6. The molecule has 138 valence electrons. The summed E-state index contributed by atoms with van der Waals surface area (Å²) in [5.41, 5.74) is 0. The van der Waals surface area contributed by atoms with Crippen LogP contribution in [0.4, 0.5) is 0 Å². The SMILES string of the molecule is O=C(CCCC1CCCCC1)NC1CCN(C(=O)c2ccco2)CC1. The molecule has 2 aliphatic rings. The lowest BCUT2D eigenvalue weighted by Crippen LogP contribution is -2.46. The molecule has 2 amide bonds. The van der Waals surface area contributed by atoms with Gasteiger partial charge < -0.3 is 14.6 Å². The van der Waals surface area contributed by atoms with Gasteiger partial charge in [-0.3, -0.25) is 9.59 Å². The van der Waals surface area contributed by atoms with Crippen molar-refractivity contribution >= 4 is 11.8 Å². The minimum atomic E-state index is -0.0535. The predicted molar refractivity (Wildman–Crippen MR) is 96.2 cm³/mol. The highest BCUT2D eigenvalue weighted by molar-refractivity contribution is 5.91. The lowest BCUT2D eigenvalue weighted by Gasteiger charge is -2.32. The average Bonchev–Trinajstić information content (AvgIpc) is 3.17. The Kier molecular flexibility index (Phi) is 6.54. The predicted octanol–water partition coefficient (Wildman–Crippen LogP) is 3.75. The lowest BCUT2D eigenvalue weighted by atomic mass is 9.86. The Morgan fingerprint density at radius 1 is 1.12 bits per heavy atom. The monoisotopic (exact) mass is 346 g/mol. The smallest absolute Gasteiger partial charge is 0.289 e. The van der Waals surface area contributed by atoms with Gasteiger partial charge in [-0.05, 0) is 43.7 Å². The molecule has 1 aromatic heterocycles. The van der Waals surface area contributed by atoms with Gasteiger partial charge in [0.15, 0.2) is 5.76 Å². The van der Waals surface area contributed by atoms with E-state index in [1.54, 1.807) is 12.1 Å². The number of nitrogens with one attached hydrogen (secondary N) is 1. The van der Waals surface area contributed by atoms with Crippen LogP contribution in [0.25, 0.3) is 0 Å². The topological polar surface area (TPSA) is 62.6 Å². The van der Waals surface area contributed by atoms with Crippen LogP contribution in [-0.4, -0.2) is 35.8 Å². The van der Waals surface area contributed by atoms with E-state index in [2.05, 4.69) is 5.32 Å². The van der Waals surface area contributed by atoms with Gasteiger partial charge in [-0.2, -0.15) is 0 Å². The van der Waals surface area contributed by atoms with Crippen molar-refractivity contribution in [2.45, 2.75) is 70.3 Å². The molecule has 1 aromatic rings. The minimum Gasteiger partial charge on any atom is -0.459 e. The summed E-state index contributed by atoms with van der Waals surface area (Å²) in [6.07, 6.45) is 12.8. The molecular weight excluding hydrogens is 316 g/mol. The van der Waals surface area contributed by atoms with E-state index >= 15 is 0 Å². The maximum absolute atomic E-state index is 12.2. The molecule has 0 aromatic carbocycles. The van der Waals surface area contributed by atoms with Crippen LogP contribution in [-0.2, 0) is 4.79 Å². The van der Waals surface area contributed by atoms with Crippen LogP contribution >= 0.6 is 0 Å². The lowest BCUT2D eigenvalue weighted by molar-refractivity contribution is -0.122. The van der Waals surface area contributed by atoms with E-state index in [1.165, 1.54) is 44.8 Å². The van der Waals surface area contributed by atoms with Crippen molar-refractivity contribution in [3.8, 4) is 0 Å². The molecule has 0 bridgehead atoms. The first-order chi connectivity index (χ1) is 12.2. The maximum atomic E-state index is 12.2.